The molecule has 5 nitrogen and oxygen atoms in total. The van der Waals surface area contributed by atoms with Crippen LogP contribution in [0.2, 0.25) is 0 Å². The van der Waals surface area contributed by atoms with Crippen LogP contribution in [-0.2, 0) is 4.79 Å². The first-order chi connectivity index (χ1) is 10.2. The Morgan fingerprint density at radius 1 is 1.38 bits per heavy atom. The average Bonchev–Trinajstić information content (AvgIpc) is 2.93. The van der Waals surface area contributed by atoms with Crippen molar-refractivity contribution in [2.75, 3.05) is 17.6 Å². The molecule has 0 radical (unpaired) electrons. The number of carbonyl (C=O) groups is 1. The van der Waals surface area contributed by atoms with E-state index in [-0.39, 0.29) is 18.2 Å². The highest BCUT2D eigenvalue weighted by Crippen LogP contribution is 2.27. The molecule has 0 aliphatic heterocycles. The average molecular weight is 318 g/mol. The number of nitrogens with one attached hydrogen (secondary N) is 2. The van der Waals surface area contributed by atoms with Gasteiger partial charge in [-0.25, -0.2) is 0 Å². The molecule has 0 saturated heterocycles. The minimum absolute atomic E-state index is 0.110. The number of amides is 1. The van der Waals surface area contributed by atoms with Crippen LogP contribution in [0.15, 0.2) is 28.6 Å². The van der Waals surface area contributed by atoms with Crippen LogP contribution in [0.1, 0.15) is 5.56 Å². The summed E-state index contributed by atoms with van der Waals surface area (Å²) in [5, 5.41) is 14.6. The summed E-state index contributed by atoms with van der Waals surface area (Å²) in [5.41, 5.74) is 2.16. The maximum atomic E-state index is 11.4. The van der Waals surface area contributed by atoms with E-state index in [0.29, 0.717) is 5.13 Å². The number of anilines is 2. The summed E-state index contributed by atoms with van der Waals surface area (Å²) in [4.78, 5) is 11.4. The number of aryl methyl sites for hydroxylation is 1. The predicted molar refractivity (Wildman–Crippen MR) is 86.9 cm³/mol. The third-order valence-electron chi connectivity index (χ3n) is 2.42. The highest BCUT2D eigenvalue weighted by Gasteiger charge is 2.07. The summed E-state index contributed by atoms with van der Waals surface area (Å²) >= 11 is 2.74. The molecule has 0 saturated carbocycles. The molecule has 0 fully saturated rings. The van der Waals surface area contributed by atoms with Gasteiger partial charge in [-0.2, -0.15) is 0 Å². The van der Waals surface area contributed by atoms with Gasteiger partial charge in [0.1, 0.15) is 0 Å². The van der Waals surface area contributed by atoms with E-state index in [0.717, 1.165) is 10.0 Å². The summed E-state index contributed by atoms with van der Waals surface area (Å²) in [6.45, 7) is 2.28. The molecule has 2 aromatic rings. The molecule has 0 unspecified atom stereocenters. The molecule has 21 heavy (non-hydrogen) atoms. The van der Waals surface area contributed by atoms with Crippen molar-refractivity contribution in [1.29, 1.82) is 0 Å². The van der Waals surface area contributed by atoms with Crippen LogP contribution in [0.5, 0.6) is 0 Å². The second-order valence-electron chi connectivity index (χ2n) is 4.13. The maximum Gasteiger partial charge on any atom is 0.231 e. The van der Waals surface area contributed by atoms with E-state index >= 15 is 0 Å². The molecular formula is C14H14N4OS2. The Labute approximate surface area is 131 Å². The topological polar surface area (TPSA) is 66.9 Å². The van der Waals surface area contributed by atoms with Crippen LogP contribution >= 0.6 is 23.1 Å². The van der Waals surface area contributed by atoms with Crippen molar-refractivity contribution in [3.63, 3.8) is 0 Å². The van der Waals surface area contributed by atoms with E-state index in [1.54, 1.807) is 0 Å². The quantitative estimate of drug-likeness (QED) is 0.632. The summed E-state index contributed by atoms with van der Waals surface area (Å²) < 4.78 is 0.737. The Morgan fingerprint density at radius 3 is 2.86 bits per heavy atom. The fourth-order valence-electron chi connectivity index (χ4n) is 1.41. The maximum absolute atomic E-state index is 11.4. The van der Waals surface area contributed by atoms with Gasteiger partial charge in [-0.1, -0.05) is 46.7 Å². The first kappa shape index (κ1) is 15.4. The molecule has 1 heterocycles. The number of carbonyl (C=O) groups excluding carboxylic acids is 1. The third-order valence-corrected chi connectivity index (χ3v) is 4.40. The molecule has 2 N–H and O–H groups in total. The monoisotopic (exact) mass is 318 g/mol. The molecule has 7 heteroatoms. The molecular weight excluding hydrogens is 304 g/mol. The number of nitrogens with zero attached hydrogens (tertiary/aromatic N) is 2. The molecule has 2 rings (SSSR count). The number of rotatable bonds is 6. The van der Waals surface area contributed by atoms with Crippen molar-refractivity contribution < 1.29 is 4.79 Å². The Hall–Kier alpha value is -2.04. The molecule has 0 atom stereocenters. The second kappa shape index (κ2) is 7.67. The van der Waals surface area contributed by atoms with Gasteiger partial charge < -0.3 is 10.6 Å². The van der Waals surface area contributed by atoms with Crippen molar-refractivity contribution in [2.24, 2.45) is 0 Å². The number of aromatic nitrogens is 2. The van der Waals surface area contributed by atoms with Gasteiger partial charge in [0.25, 0.3) is 0 Å². The lowest BCUT2D eigenvalue weighted by Gasteiger charge is -2.01. The van der Waals surface area contributed by atoms with E-state index in [4.69, 9.17) is 6.42 Å². The second-order valence-corrected chi connectivity index (χ2v) is 6.33. The van der Waals surface area contributed by atoms with Crippen molar-refractivity contribution in [3.05, 3.63) is 29.8 Å². The summed E-state index contributed by atoms with van der Waals surface area (Å²) in [7, 11) is 0. The molecule has 0 aliphatic carbocycles. The minimum Gasteiger partial charge on any atom is -0.344 e. The molecule has 0 bridgehead atoms. The number of hydrogen-bond donors (Lipinski definition) is 2. The SMILES string of the molecule is C#CCNC(=O)CSc1nnc(Nc2ccc(C)cc2)s1. The van der Waals surface area contributed by atoms with Crippen LogP contribution in [0, 0.1) is 19.3 Å². The fraction of sp³-hybridized carbons (Fsp3) is 0.214. The van der Waals surface area contributed by atoms with Crippen molar-refractivity contribution >= 4 is 39.8 Å². The van der Waals surface area contributed by atoms with E-state index in [1.165, 1.54) is 28.7 Å². The lowest BCUT2D eigenvalue weighted by Crippen LogP contribution is -2.25. The Balaban J connectivity index is 1.85. The Bertz CT molecular complexity index is 646. The zero-order chi connectivity index (χ0) is 15.1. The van der Waals surface area contributed by atoms with Crippen LogP contribution in [0.25, 0.3) is 0 Å². The highest BCUT2D eigenvalue weighted by molar-refractivity contribution is 8.01. The van der Waals surface area contributed by atoms with Gasteiger partial charge in [-0.15, -0.1) is 16.6 Å². The lowest BCUT2D eigenvalue weighted by atomic mass is 10.2. The van der Waals surface area contributed by atoms with Crippen LogP contribution in [0.3, 0.4) is 0 Å². The van der Waals surface area contributed by atoms with E-state index in [9.17, 15) is 4.79 Å². The van der Waals surface area contributed by atoms with Gasteiger partial charge >= 0.3 is 0 Å². The van der Waals surface area contributed by atoms with Gasteiger partial charge in [-0.05, 0) is 19.1 Å². The molecule has 0 aliphatic rings. The zero-order valence-corrected chi connectivity index (χ0v) is 13.1. The molecule has 0 spiro atoms. The fourth-order valence-corrected chi connectivity index (χ4v) is 3.01. The van der Waals surface area contributed by atoms with Gasteiger partial charge in [0.2, 0.25) is 11.0 Å². The number of benzene rings is 1. The van der Waals surface area contributed by atoms with Crippen molar-refractivity contribution in [3.8, 4) is 12.3 Å². The first-order valence-corrected chi connectivity index (χ1v) is 7.98. The van der Waals surface area contributed by atoms with Gasteiger partial charge in [0.15, 0.2) is 4.34 Å². The smallest absolute Gasteiger partial charge is 0.231 e. The third kappa shape index (κ3) is 5.10. The van der Waals surface area contributed by atoms with Crippen molar-refractivity contribution in [2.45, 2.75) is 11.3 Å². The number of terminal acetylenes is 1. The zero-order valence-electron chi connectivity index (χ0n) is 11.4. The summed E-state index contributed by atoms with van der Waals surface area (Å²) in [5.74, 6) is 2.52. The summed E-state index contributed by atoms with van der Waals surface area (Å²) in [6.07, 6.45) is 5.07. The van der Waals surface area contributed by atoms with Crippen LogP contribution < -0.4 is 10.6 Å². The van der Waals surface area contributed by atoms with E-state index < -0.39 is 0 Å². The van der Waals surface area contributed by atoms with Gasteiger partial charge in [0.05, 0.1) is 12.3 Å². The molecule has 1 aromatic carbocycles. The standard InChI is InChI=1S/C14H14N4OS2/c1-3-8-15-12(19)9-20-14-18-17-13(21-14)16-11-6-4-10(2)5-7-11/h1,4-7H,8-9H2,2H3,(H,15,19)(H,16,17). The van der Waals surface area contributed by atoms with E-state index in [2.05, 4.69) is 26.8 Å². The Kier molecular flexibility index (Phi) is 5.60. The predicted octanol–water partition coefficient (Wildman–Crippen LogP) is 2.43. The lowest BCUT2D eigenvalue weighted by molar-refractivity contribution is -0.118. The molecule has 1 amide bonds. The minimum atomic E-state index is -0.110. The van der Waals surface area contributed by atoms with E-state index in [1.807, 2.05) is 31.2 Å². The van der Waals surface area contributed by atoms with Gasteiger partial charge in [-0.3, -0.25) is 4.79 Å². The number of thioether (sulfide) groups is 1. The van der Waals surface area contributed by atoms with Gasteiger partial charge in [0, 0.05) is 5.69 Å². The highest BCUT2D eigenvalue weighted by atomic mass is 32.2. The van der Waals surface area contributed by atoms with Crippen LogP contribution in [0.4, 0.5) is 10.8 Å². The molecule has 1 aromatic heterocycles. The molecule has 108 valence electrons. The van der Waals surface area contributed by atoms with Crippen molar-refractivity contribution in [1.82, 2.24) is 15.5 Å². The normalized spacial score (nSPS) is 9.90. The largest absolute Gasteiger partial charge is 0.344 e. The Morgan fingerprint density at radius 2 is 2.14 bits per heavy atom. The number of hydrogen-bond acceptors (Lipinski definition) is 6. The first-order valence-electron chi connectivity index (χ1n) is 6.17. The van der Waals surface area contributed by atoms with Crippen LogP contribution in [-0.4, -0.2) is 28.4 Å². The summed E-state index contributed by atoms with van der Waals surface area (Å²) in [6, 6.07) is 8.01.